The lowest BCUT2D eigenvalue weighted by molar-refractivity contribution is -0.149. The van der Waals surface area contributed by atoms with Gasteiger partial charge in [0.25, 0.3) is 0 Å². The van der Waals surface area contributed by atoms with Crippen LogP contribution in [0, 0.1) is 5.92 Å². The third kappa shape index (κ3) is 6.67. The van der Waals surface area contributed by atoms with Gasteiger partial charge in [-0.3, -0.25) is 4.79 Å². The topological polar surface area (TPSA) is 38.3 Å². The van der Waals surface area contributed by atoms with Gasteiger partial charge in [-0.25, -0.2) is 0 Å². The largest absolute Gasteiger partial charge is 0.463 e. The Balaban J connectivity index is 2.11. The Morgan fingerprint density at radius 1 is 1.35 bits per heavy atom. The molecule has 0 aliphatic carbocycles. The van der Waals surface area contributed by atoms with Gasteiger partial charge in [-0.1, -0.05) is 20.3 Å². The quantitative estimate of drug-likeness (QED) is 0.727. The Morgan fingerprint density at radius 2 is 2.12 bits per heavy atom. The predicted molar refractivity (Wildman–Crippen MR) is 69.9 cm³/mol. The van der Waals surface area contributed by atoms with Gasteiger partial charge in [0.2, 0.25) is 0 Å². The van der Waals surface area contributed by atoms with Crippen molar-refractivity contribution in [3.63, 3.8) is 0 Å². The number of esters is 1. The molecule has 2 atom stereocenters. The first-order chi connectivity index (χ1) is 8.08. The van der Waals surface area contributed by atoms with Gasteiger partial charge in [0.15, 0.2) is 0 Å². The van der Waals surface area contributed by atoms with Gasteiger partial charge in [-0.2, -0.15) is 0 Å². The average molecular weight is 241 g/mol. The molecule has 0 spiro atoms. The van der Waals surface area contributed by atoms with E-state index in [4.69, 9.17) is 4.74 Å². The average Bonchev–Trinajstić information content (AvgIpc) is 2.26. The van der Waals surface area contributed by atoms with Crippen molar-refractivity contribution in [3.8, 4) is 0 Å². The van der Waals surface area contributed by atoms with Crippen molar-refractivity contribution < 1.29 is 9.53 Å². The van der Waals surface area contributed by atoms with E-state index in [-0.39, 0.29) is 12.1 Å². The van der Waals surface area contributed by atoms with Gasteiger partial charge >= 0.3 is 5.97 Å². The van der Waals surface area contributed by atoms with E-state index in [2.05, 4.69) is 19.2 Å². The molecule has 0 radical (unpaired) electrons. The monoisotopic (exact) mass is 241 g/mol. The maximum atomic E-state index is 11.6. The number of carbonyl (C=O) groups excluding carboxylic acids is 1. The van der Waals surface area contributed by atoms with Crippen LogP contribution in [0.4, 0.5) is 0 Å². The van der Waals surface area contributed by atoms with Crippen molar-refractivity contribution in [2.45, 2.75) is 71.4 Å². The Hall–Kier alpha value is -0.570. The standard InChI is InChI=1S/C14H27NO2/c1-11(2)10-12(3)17-14(16)8-7-13-6-4-5-9-15-13/h11-13,15H,4-10H2,1-3H3. The van der Waals surface area contributed by atoms with Crippen LogP contribution >= 0.6 is 0 Å². The first kappa shape index (κ1) is 14.5. The number of piperidine rings is 1. The first-order valence-electron chi connectivity index (χ1n) is 7.00. The maximum absolute atomic E-state index is 11.6. The fraction of sp³-hybridized carbons (Fsp3) is 0.929. The molecule has 1 saturated heterocycles. The zero-order valence-electron chi connectivity index (χ0n) is 11.5. The molecule has 1 N–H and O–H groups in total. The molecule has 3 nitrogen and oxygen atoms in total. The highest BCUT2D eigenvalue weighted by Crippen LogP contribution is 2.13. The highest BCUT2D eigenvalue weighted by molar-refractivity contribution is 5.69. The summed E-state index contributed by atoms with van der Waals surface area (Å²) in [6.07, 6.45) is 6.25. The third-order valence-corrected chi connectivity index (χ3v) is 3.25. The fourth-order valence-corrected chi connectivity index (χ4v) is 2.46. The van der Waals surface area contributed by atoms with E-state index in [1.54, 1.807) is 0 Å². The Labute approximate surface area is 105 Å². The van der Waals surface area contributed by atoms with Crippen molar-refractivity contribution in [2.75, 3.05) is 6.54 Å². The van der Waals surface area contributed by atoms with E-state index in [1.165, 1.54) is 19.3 Å². The van der Waals surface area contributed by atoms with Crippen LogP contribution in [0.3, 0.4) is 0 Å². The van der Waals surface area contributed by atoms with Gasteiger partial charge < -0.3 is 10.1 Å². The van der Waals surface area contributed by atoms with E-state index in [0.717, 1.165) is 19.4 Å². The molecule has 0 amide bonds. The lowest BCUT2D eigenvalue weighted by Crippen LogP contribution is -2.34. The Bertz CT molecular complexity index is 222. The number of nitrogens with one attached hydrogen (secondary N) is 1. The molecular weight excluding hydrogens is 214 g/mol. The van der Waals surface area contributed by atoms with Gasteiger partial charge in [-0.05, 0) is 45.1 Å². The molecule has 1 heterocycles. The molecule has 0 aromatic carbocycles. The SMILES string of the molecule is CC(C)CC(C)OC(=O)CCC1CCCCN1. The predicted octanol–water partition coefficient (Wildman–Crippen LogP) is 2.89. The summed E-state index contributed by atoms with van der Waals surface area (Å²) in [6.45, 7) is 7.38. The lowest BCUT2D eigenvalue weighted by Gasteiger charge is -2.23. The highest BCUT2D eigenvalue weighted by atomic mass is 16.5. The van der Waals surface area contributed by atoms with Crippen LogP contribution in [-0.4, -0.2) is 24.7 Å². The molecule has 1 aliphatic rings. The summed E-state index contributed by atoms with van der Waals surface area (Å²) < 4.78 is 5.39. The molecule has 100 valence electrons. The van der Waals surface area contributed by atoms with Crippen LogP contribution in [0.15, 0.2) is 0 Å². The number of hydrogen-bond donors (Lipinski definition) is 1. The molecule has 0 bridgehead atoms. The lowest BCUT2D eigenvalue weighted by atomic mass is 10.0. The number of ether oxygens (including phenoxy) is 1. The second-order valence-electron chi connectivity index (χ2n) is 5.62. The van der Waals surface area contributed by atoms with Gasteiger partial charge in [0, 0.05) is 12.5 Å². The molecule has 17 heavy (non-hydrogen) atoms. The highest BCUT2D eigenvalue weighted by Gasteiger charge is 2.16. The number of rotatable bonds is 6. The maximum Gasteiger partial charge on any atom is 0.306 e. The summed E-state index contributed by atoms with van der Waals surface area (Å²) in [5, 5.41) is 3.45. The molecular formula is C14H27NO2. The molecule has 0 aromatic heterocycles. The fourth-order valence-electron chi connectivity index (χ4n) is 2.46. The van der Waals surface area contributed by atoms with Crippen molar-refractivity contribution in [1.29, 1.82) is 0 Å². The smallest absolute Gasteiger partial charge is 0.306 e. The normalized spacial score (nSPS) is 22.5. The second-order valence-corrected chi connectivity index (χ2v) is 5.62. The summed E-state index contributed by atoms with van der Waals surface area (Å²) in [5.74, 6) is 0.545. The number of hydrogen-bond acceptors (Lipinski definition) is 3. The van der Waals surface area contributed by atoms with Crippen LogP contribution in [0.25, 0.3) is 0 Å². The van der Waals surface area contributed by atoms with Crippen molar-refractivity contribution in [3.05, 3.63) is 0 Å². The summed E-state index contributed by atoms with van der Waals surface area (Å²) in [6, 6.07) is 0.525. The summed E-state index contributed by atoms with van der Waals surface area (Å²) in [4.78, 5) is 11.6. The zero-order valence-corrected chi connectivity index (χ0v) is 11.5. The van der Waals surface area contributed by atoms with E-state index >= 15 is 0 Å². The molecule has 1 fully saturated rings. The second kappa shape index (κ2) is 7.70. The number of carbonyl (C=O) groups is 1. The molecule has 1 rings (SSSR count). The van der Waals surface area contributed by atoms with Crippen LogP contribution in [0.1, 0.15) is 59.3 Å². The van der Waals surface area contributed by atoms with Crippen molar-refractivity contribution in [1.82, 2.24) is 5.32 Å². The van der Waals surface area contributed by atoms with Crippen LogP contribution in [0.2, 0.25) is 0 Å². The minimum Gasteiger partial charge on any atom is -0.463 e. The summed E-state index contributed by atoms with van der Waals surface area (Å²) >= 11 is 0. The molecule has 1 aliphatic heterocycles. The van der Waals surface area contributed by atoms with Crippen LogP contribution in [0.5, 0.6) is 0 Å². The van der Waals surface area contributed by atoms with Gasteiger partial charge in [-0.15, -0.1) is 0 Å². The zero-order chi connectivity index (χ0) is 12.7. The Morgan fingerprint density at radius 3 is 2.71 bits per heavy atom. The van der Waals surface area contributed by atoms with E-state index < -0.39 is 0 Å². The molecule has 0 saturated carbocycles. The van der Waals surface area contributed by atoms with E-state index in [1.807, 2.05) is 6.92 Å². The molecule has 0 aromatic rings. The van der Waals surface area contributed by atoms with Gasteiger partial charge in [0.1, 0.15) is 0 Å². The van der Waals surface area contributed by atoms with Crippen molar-refractivity contribution >= 4 is 5.97 Å². The summed E-state index contributed by atoms with van der Waals surface area (Å²) in [7, 11) is 0. The molecule has 2 unspecified atom stereocenters. The summed E-state index contributed by atoms with van der Waals surface area (Å²) in [5.41, 5.74) is 0. The van der Waals surface area contributed by atoms with Crippen LogP contribution in [-0.2, 0) is 9.53 Å². The van der Waals surface area contributed by atoms with Gasteiger partial charge in [0.05, 0.1) is 6.10 Å². The van der Waals surface area contributed by atoms with E-state index in [0.29, 0.717) is 18.4 Å². The minimum absolute atomic E-state index is 0.0366. The third-order valence-electron chi connectivity index (χ3n) is 3.25. The first-order valence-corrected chi connectivity index (χ1v) is 7.00. The van der Waals surface area contributed by atoms with Crippen LogP contribution < -0.4 is 5.32 Å². The Kier molecular flexibility index (Phi) is 6.56. The van der Waals surface area contributed by atoms with Crippen molar-refractivity contribution in [2.24, 2.45) is 5.92 Å². The van der Waals surface area contributed by atoms with E-state index in [9.17, 15) is 4.79 Å². The minimum atomic E-state index is -0.0366. The molecule has 3 heteroatoms.